The third kappa shape index (κ3) is 4.17. The predicted octanol–water partition coefficient (Wildman–Crippen LogP) is 2.07. The van der Waals surface area contributed by atoms with Gasteiger partial charge >= 0.3 is 6.18 Å². The van der Waals surface area contributed by atoms with Crippen molar-refractivity contribution >= 4 is 11.6 Å². The molecule has 0 aliphatic carbocycles. The van der Waals surface area contributed by atoms with E-state index < -0.39 is 17.5 Å². The first-order valence-electron chi connectivity index (χ1n) is 8.68. The van der Waals surface area contributed by atoms with Gasteiger partial charge in [0.15, 0.2) is 5.60 Å². The molecule has 0 aromatic carbocycles. The molecule has 2 aliphatic heterocycles. The van der Waals surface area contributed by atoms with E-state index in [9.17, 15) is 18.0 Å². The summed E-state index contributed by atoms with van der Waals surface area (Å²) in [7, 11) is 0. The molecule has 0 saturated carbocycles. The second-order valence-corrected chi connectivity index (χ2v) is 6.80. The van der Waals surface area contributed by atoms with Crippen molar-refractivity contribution in [3.05, 3.63) is 17.7 Å². The van der Waals surface area contributed by atoms with Gasteiger partial charge in [0, 0.05) is 19.5 Å². The summed E-state index contributed by atoms with van der Waals surface area (Å²) in [5.41, 5.74) is -1.07. The molecule has 3 heterocycles. The summed E-state index contributed by atoms with van der Waals surface area (Å²) < 4.78 is 38.0. The molecule has 2 N–H and O–H groups in total. The molecular formula is C16H22F3N5O2. The maximum Gasteiger partial charge on any atom is 0.432 e. The number of H-pyrrole nitrogens is 1. The summed E-state index contributed by atoms with van der Waals surface area (Å²) in [5.74, 6) is 0.0379. The van der Waals surface area contributed by atoms with Crippen molar-refractivity contribution in [3.63, 3.8) is 0 Å². The zero-order valence-electron chi connectivity index (χ0n) is 14.5. The number of nitrogens with zero attached hydrogens (tertiary/aromatic N) is 3. The molecule has 144 valence electrons. The summed E-state index contributed by atoms with van der Waals surface area (Å²) in [6, 6.07) is 0. The van der Waals surface area contributed by atoms with Crippen LogP contribution in [0.1, 0.15) is 44.1 Å². The van der Waals surface area contributed by atoms with Crippen molar-refractivity contribution in [2.45, 2.75) is 50.9 Å². The minimum atomic E-state index is -4.43. The number of nitrogens with one attached hydrogen (secondary N) is 2. The van der Waals surface area contributed by atoms with E-state index in [4.69, 9.17) is 4.84 Å². The SMILES string of the molecule is CCCNC(=O)C1=NOC2(CCCN(Cc3ncc(C(F)(F)F)[nH]3)C2)C1. The van der Waals surface area contributed by atoms with E-state index in [1.807, 2.05) is 11.8 Å². The fourth-order valence-electron chi connectivity index (χ4n) is 3.33. The van der Waals surface area contributed by atoms with Crippen LogP contribution in [0.2, 0.25) is 0 Å². The van der Waals surface area contributed by atoms with Crippen molar-refractivity contribution in [2.24, 2.45) is 5.16 Å². The first kappa shape index (κ1) is 18.7. The van der Waals surface area contributed by atoms with Gasteiger partial charge in [0.1, 0.15) is 17.2 Å². The van der Waals surface area contributed by atoms with Crippen LogP contribution in [0.15, 0.2) is 11.4 Å². The fraction of sp³-hybridized carbons (Fsp3) is 0.688. The number of carbonyl (C=O) groups excluding carboxylic acids is 1. The summed E-state index contributed by atoms with van der Waals surface area (Å²) >= 11 is 0. The standard InChI is InChI=1S/C16H22F3N5O2/c1-2-5-20-14(25)11-7-15(26-23-11)4-3-6-24(10-15)9-13-21-8-12(22-13)16(17,18)19/h8H,2-7,9-10H2,1H3,(H,20,25)(H,21,22). The first-order valence-corrected chi connectivity index (χ1v) is 8.68. The lowest BCUT2D eigenvalue weighted by Gasteiger charge is -2.37. The molecule has 0 bridgehead atoms. The zero-order chi connectivity index (χ0) is 18.8. The minimum absolute atomic E-state index is 0.221. The summed E-state index contributed by atoms with van der Waals surface area (Å²) in [4.78, 5) is 25.8. The van der Waals surface area contributed by atoms with E-state index in [2.05, 4.69) is 20.4 Å². The van der Waals surface area contributed by atoms with Crippen LogP contribution in [0.3, 0.4) is 0 Å². The van der Waals surface area contributed by atoms with E-state index >= 15 is 0 Å². The Morgan fingerprint density at radius 3 is 3.00 bits per heavy atom. The summed E-state index contributed by atoms with van der Waals surface area (Å²) in [5, 5.41) is 6.73. The van der Waals surface area contributed by atoms with E-state index in [1.54, 1.807) is 0 Å². The number of amides is 1. The molecule has 2 aliphatic rings. The number of hydrogen-bond donors (Lipinski definition) is 2. The van der Waals surface area contributed by atoms with E-state index in [1.165, 1.54) is 0 Å². The third-order valence-corrected chi connectivity index (χ3v) is 4.56. The molecule has 26 heavy (non-hydrogen) atoms. The normalized spacial score (nSPS) is 23.8. The number of halogens is 3. The van der Waals surface area contributed by atoms with Crippen LogP contribution in [0.4, 0.5) is 13.2 Å². The third-order valence-electron chi connectivity index (χ3n) is 4.56. The average Bonchev–Trinajstić information content (AvgIpc) is 3.20. The Labute approximate surface area is 149 Å². The van der Waals surface area contributed by atoms with Crippen LogP contribution in [0, 0.1) is 0 Å². The molecule has 0 radical (unpaired) electrons. The monoisotopic (exact) mass is 373 g/mol. The van der Waals surface area contributed by atoms with Gasteiger partial charge in [-0.1, -0.05) is 12.1 Å². The van der Waals surface area contributed by atoms with Gasteiger partial charge in [0.05, 0.1) is 12.7 Å². The van der Waals surface area contributed by atoms with E-state index in [-0.39, 0.29) is 18.3 Å². The van der Waals surface area contributed by atoms with E-state index in [0.29, 0.717) is 25.2 Å². The van der Waals surface area contributed by atoms with Crippen LogP contribution in [0.25, 0.3) is 0 Å². The lowest BCUT2D eigenvalue weighted by atomic mass is 9.88. The molecular weight excluding hydrogens is 351 g/mol. The van der Waals surface area contributed by atoms with Gasteiger partial charge < -0.3 is 15.1 Å². The van der Waals surface area contributed by atoms with Gasteiger partial charge in [0.2, 0.25) is 0 Å². The molecule has 1 amide bonds. The largest absolute Gasteiger partial charge is 0.432 e. The van der Waals surface area contributed by atoms with Gasteiger partial charge in [-0.3, -0.25) is 9.69 Å². The van der Waals surface area contributed by atoms with Gasteiger partial charge in [-0.15, -0.1) is 0 Å². The fourth-order valence-corrected chi connectivity index (χ4v) is 3.33. The molecule has 1 atom stereocenters. The van der Waals surface area contributed by atoms with Crippen molar-refractivity contribution in [2.75, 3.05) is 19.6 Å². The summed E-state index contributed by atoms with van der Waals surface area (Å²) in [6.07, 6.45) is -0.819. The number of piperidine rings is 1. The highest BCUT2D eigenvalue weighted by Crippen LogP contribution is 2.34. The number of aromatic amines is 1. The Hall–Kier alpha value is -2.10. The van der Waals surface area contributed by atoms with Crippen molar-refractivity contribution in [3.8, 4) is 0 Å². The Kier molecular flexibility index (Phi) is 5.22. The van der Waals surface area contributed by atoms with Gasteiger partial charge in [-0.25, -0.2) is 4.98 Å². The van der Waals surface area contributed by atoms with Crippen LogP contribution in [-0.2, 0) is 22.4 Å². The second-order valence-electron chi connectivity index (χ2n) is 6.80. The van der Waals surface area contributed by atoms with Crippen LogP contribution >= 0.6 is 0 Å². The number of aromatic nitrogens is 2. The lowest BCUT2D eigenvalue weighted by Crippen LogP contribution is -2.48. The maximum absolute atomic E-state index is 12.7. The van der Waals surface area contributed by atoms with Gasteiger partial charge in [0.25, 0.3) is 5.91 Å². The molecule has 1 spiro atoms. The lowest BCUT2D eigenvalue weighted by molar-refractivity contribution is -0.141. The smallest absolute Gasteiger partial charge is 0.387 e. The van der Waals surface area contributed by atoms with Crippen LogP contribution in [0.5, 0.6) is 0 Å². The molecule has 10 heteroatoms. The predicted molar refractivity (Wildman–Crippen MR) is 87.3 cm³/mol. The number of oxime groups is 1. The zero-order valence-corrected chi connectivity index (χ0v) is 14.5. The van der Waals surface area contributed by atoms with Crippen LogP contribution in [-0.4, -0.2) is 51.7 Å². The highest BCUT2D eigenvalue weighted by Gasteiger charge is 2.44. The van der Waals surface area contributed by atoms with Crippen LogP contribution < -0.4 is 5.32 Å². The number of carbonyl (C=O) groups is 1. The number of rotatable bonds is 5. The number of imidazole rings is 1. The quantitative estimate of drug-likeness (QED) is 0.828. The number of likely N-dealkylation sites (tertiary alicyclic amines) is 1. The Morgan fingerprint density at radius 1 is 1.50 bits per heavy atom. The highest BCUT2D eigenvalue weighted by molar-refractivity contribution is 6.39. The van der Waals surface area contributed by atoms with Crippen molar-refractivity contribution in [1.29, 1.82) is 0 Å². The molecule has 1 aromatic heterocycles. The highest BCUT2D eigenvalue weighted by atomic mass is 19.4. The van der Waals surface area contributed by atoms with Gasteiger partial charge in [-0.2, -0.15) is 13.2 Å². The molecule has 3 rings (SSSR count). The molecule has 1 aromatic rings. The maximum atomic E-state index is 12.7. The molecule has 1 unspecified atom stereocenters. The van der Waals surface area contributed by atoms with Gasteiger partial charge in [-0.05, 0) is 25.8 Å². The summed E-state index contributed by atoms with van der Waals surface area (Å²) in [6.45, 7) is 4.02. The number of hydrogen-bond acceptors (Lipinski definition) is 5. The van der Waals surface area contributed by atoms with Crippen molar-refractivity contribution in [1.82, 2.24) is 20.2 Å². The molecule has 1 fully saturated rings. The number of alkyl halides is 3. The minimum Gasteiger partial charge on any atom is -0.387 e. The Morgan fingerprint density at radius 2 is 2.31 bits per heavy atom. The average molecular weight is 373 g/mol. The molecule has 7 nitrogen and oxygen atoms in total. The topological polar surface area (TPSA) is 82.6 Å². The Balaban J connectivity index is 1.58. The van der Waals surface area contributed by atoms with E-state index in [0.717, 1.165) is 32.0 Å². The second kappa shape index (κ2) is 7.26. The van der Waals surface area contributed by atoms with Crippen molar-refractivity contribution < 1.29 is 22.8 Å². The molecule has 1 saturated heterocycles. The Bertz CT molecular complexity index is 688. The first-order chi connectivity index (χ1) is 12.3.